The van der Waals surface area contributed by atoms with Gasteiger partial charge in [-0.2, -0.15) is 57.3 Å². The molecule has 0 unspecified atom stereocenters. The van der Waals surface area contributed by atoms with Crippen LogP contribution < -0.4 is 0 Å². The van der Waals surface area contributed by atoms with Gasteiger partial charge in [-0.3, -0.25) is 4.79 Å². The Labute approximate surface area is 320 Å². The van der Waals surface area contributed by atoms with Crippen LogP contribution in [0.4, 0.5) is 52.7 Å². The van der Waals surface area contributed by atoms with E-state index in [9.17, 15) is 57.5 Å². The number of ketones is 1. The van der Waals surface area contributed by atoms with Gasteiger partial charge in [0.25, 0.3) is 0 Å². The number of carbonyl (C=O) groups is 1. The summed E-state index contributed by atoms with van der Waals surface area (Å²) in [6, 6.07) is 2.54. The van der Waals surface area contributed by atoms with Crippen molar-refractivity contribution in [2.24, 2.45) is 0 Å². The molecule has 16 heteroatoms. The molecule has 1 aromatic heterocycles. The first kappa shape index (κ1) is 43.4. The van der Waals surface area contributed by atoms with E-state index in [0.717, 1.165) is 0 Å². The molecule has 0 N–H and O–H groups in total. The highest BCUT2D eigenvalue weighted by Gasteiger charge is 2.49. The zero-order valence-corrected chi connectivity index (χ0v) is 32.0. The minimum atomic E-state index is -5.10. The van der Waals surface area contributed by atoms with Crippen LogP contribution in [-0.4, -0.2) is 27.7 Å². The lowest BCUT2D eigenvalue weighted by Gasteiger charge is -2.27. The van der Waals surface area contributed by atoms with E-state index in [-0.39, 0.29) is 51.6 Å². The van der Waals surface area contributed by atoms with Gasteiger partial charge in [0.05, 0.1) is 40.6 Å². The Morgan fingerprint density at radius 3 is 1.42 bits per heavy atom. The Morgan fingerprint density at radius 1 is 0.596 bits per heavy atom. The van der Waals surface area contributed by atoms with Gasteiger partial charge in [0, 0.05) is 35.9 Å². The summed E-state index contributed by atoms with van der Waals surface area (Å²) in [5.74, 6) is -0.619. The molecule has 0 saturated heterocycles. The van der Waals surface area contributed by atoms with Crippen LogP contribution in [0, 0.1) is 6.92 Å². The maximum atomic E-state index is 14.6. The quantitative estimate of drug-likeness (QED) is 0.116. The molecule has 2 aromatic carbocycles. The SMILES string of the molecule is CCC1=C(CC)/C(=C2\C(=O)C(c3c(CC)c(CC)c(C)n3Cc3cc(C(F)(F)F)cc(C(F)(F)F)c3)=C2OC)[N+](Cc2cc(C(F)(F)F)cc(C(F)(F)F)c2)=C1C. The number of halogens is 12. The van der Waals surface area contributed by atoms with Gasteiger partial charge >= 0.3 is 24.7 Å². The van der Waals surface area contributed by atoms with Gasteiger partial charge < -0.3 is 9.30 Å². The fourth-order valence-corrected chi connectivity index (χ4v) is 7.99. The monoisotopic (exact) mass is 819 g/mol. The summed E-state index contributed by atoms with van der Waals surface area (Å²) in [7, 11) is 1.26. The van der Waals surface area contributed by atoms with Gasteiger partial charge in [-0.15, -0.1) is 0 Å². The van der Waals surface area contributed by atoms with Crippen molar-refractivity contribution < 1.29 is 66.8 Å². The molecule has 1 aliphatic carbocycles. The molecule has 2 heterocycles. The largest absolute Gasteiger partial charge is 0.495 e. The topological polar surface area (TPSA) is 34.2 Å². The second-order valence-corrected chi connectivity index (χ2v) is 13.8. The van der Waals surface area contributed by atoms with Crippen molar-refractivity contribution in [3.8, 4) is 0 Å². The minimum Gasteiger partial charge on any atom is -0.495 e. The number of methoxy groups -OCH3 is 1. The van der Waals surface area contributed by atoms with Gasteiger partial charge in [0.1, 0.15) is 11.3 Å². The van der Waals surface area contributed by atoms with E-state index in [2.05, 4.69) is 0 Å². The molecular weight excluding hydrogens is 780 g/mol. The average Bonchev–Trinajstić information content (AvgIpc) is 3.52. The summed E-state index contributed by atoms with van der Waals surface area (Å²) in [5.41, 5.74) is -2.64. The van der Waals surface area contributed by atoms with Crippen LogP contribution in [0.25, 0.3) is 5.57 Å². The Balaban J connectivity index is 1.77. The molecule has 3 aromatic rings. The fraction of sp³-hybridized carbons (Fsp3) is 0.415. The van der Waals surface area contributed by atoms with Crippen molar-refractivity contribution in [2.75, 3.05) is 7.11 Å². The zero-order chi connectivity index (χ0) is 42.7. The first-order chi connectivity index (χ1) is 26.3. The smallest absolute Gasteiger partial charge is 0.416 e. The summed E-state index contributed by atoms with van der Waals surface area (Å²) in [6.07, 6.45) is -19.0. The zero-order valence-electron chi connectivity index (χ0n) is 32.0. The molecule has 5 rings (SSSR count). The number of benzene rings is 2. The lowest BCUT2D eigenvalue weighted by atomic mass is 9.80. The molecular formula is C41H39F12N2O2+. The molecule has 0 fully saturated rings. The lowest BCUT2D eigenvalue weighted by molar-refractivity contribution is -0.488. The number of carbonyl (C=O) groups excluding carboxylic acids is 1. The number of alkyl halides is 12. The number of nitrogens with zero attached hydrogens (tertiary/aromatic N) is 2. The highest BCUT2D eigenvalue weighted by atomic mass is 19.4. The van der Waals surface area contributed by atoms with E-state index < -0.39 is 65.8 Å². The number of aromatic nitrogens is 1. The number of Topliss-reactive ketones (excluding diaryl/α,β-unsaturated/α-hetero) is 1. The Kier molecular flexibility index (Phi) is 11.6. The van der Waals surface area contributed by atoms with Crippen molar-refractivity contribution in [1.82, 2.24) is 4.57 Å². The highest BCUT2D eigenvalue weighted by molar-refractivity contribution is 6.39. The lowest BCUT2D eigenvalue weighted by Crippen LogP contribution is -2.30. The van der Waals surface area contributed by atoms with E-state index in [0.29, 0.717) is 83.6 Å². The predicted octanol–water partition coefficient (Wildman–Crippen LogP) is 12.0. The summed E-state index contributed by atoms with van der Waals surface area (Å²) in [4.78, 5) is 14.6. The Morgan fingerprint density at radius 2 is 1.04 bits per heavy atom. The molecule has 0 saturated carbocycles. The number of ether oxygens (including phenoxy) is 1. The first-order valence-electron chi connectivity index (χ1n) is 18.0. The summed E-state index contributed by atoms with van der Waals surface area (Å²) >= 11 is 0. The van der Waals surface area contributed by atoms with Crippen molar-refractivity contribution in [1.29, 1.82) is 0 Å². The van der Waals surface area contributed by atoms with Crippen molar-refractivity contribution in [3.63, 3.8) is 0 Å². The second kappa shape index (κ2) is 15.2. The van der Waals surface area contributed by atoms with Crippen molar-refractivity contribution in [3.05, 3.63) is 120 Å². The third-order valence-corrected chi connectivity index (χ3v) is 10.5. The van der Waals surface area contributed by atoms with Crippen LogP contribution in [0.15, 0.2) is 64.6 Å². The van der Waals surface area contributed by atoms with Crippen LogP contribution in [-0.2, 0) is 60.2 Å². The maximum absolute atomic E-state index is 14.6. The van der Waals surface area contributed by atoms with Gasteiger partial charge in [-0.05, 0) is 85.7 Å². The molecule has 4 nitrogen and oxygen atoms in total. The predicted molar refractivity (Wildman–Crippen MR) is 188 cm³/mol. The molecule has 1 aliphatic heterocycles. The molecule has 0 radical (unpaired) electrons. The Bertz CT molecular complexity index is 2190. The molecule has 0 amide bonds. The van der Waals surface area contributed by atoms with Crippen LogP contribution in [0.1, 0.15) is 103 Å². The van der Waals surface area contributed by atoms with E-state index in [4.69, 9.17) is 4.74 Å². The average molecular weight is 820 g/mol. The van der Waals surface area contributed by atoms with E-state index in [1.807, 2.05) is 0 Å². The maximum Gasteiger partial charge on any atom is 0.416 e. The van der Waals surface area contributed by atoms with E-state index >= 15 is 0 Å². The molecule has 0 bridgehead atoms. The van der Waals surface area contributed by atoms with Gasteiger partial charge in [-0.1, -0.05) is 27.7 Å². The second-order valence-electron chi connectivity index (χ2n) is 13.8. The number of allylic oxidation sites excluding steroid dienone is 4. The molecule has 0 atom stereocenters. The highest BCUT2D eigenvalue weighted by Crippen LogP contribution is 2.48. The van der Waals surface area contributed by atoms with E-state index in [1.54, 1.807) is 41.5 Å². The number of rotatable bonds is 10. The molecule has 0 spiro atoms. The molecule has 57 heavy (non-hydrogen) atoms. The third kappa shape index (κ3) is 7.92. The van der Waals surface area contributed by atoms with Crippen LogP contribution in [0.3, 0.4) is 0 Å². The normalized spacial score (nSPS) is 17.1. The fourth-order valence-electron chi connectivity index (χ4n) is 7.99. The van der Waals surface area contributed by atoms with Crippen LogP contribution in [0.5, 0.6) is 0 Å². The first-order valence-corrected chi connectivity index (χ1v) is 18.0. The summed E-state index contributed by atoms with van der Waals surface area (Å²) in [5, 5.41) is 0. The van der Waals surface area contributed by atoms with Gasteiger partial charge in [-0.25, -0.2) is 0 Å². The Hall–Kier alpha value is -4.76. The number of hydrogen-bond acceptors (Lipinski definition) is 2. The number of hydrogen-bond donors (Lipinski definition) is 0. The van der Waals surface area contributed by atoms with E-state index in [1.165, 1.54) is 16.3 Å². The van der Waals surface area contributed by atoms with Crippen molar-refractivity contribution >= 4 is 17.1 Å². The summed E-state index contributed by atoms with van der Waals surface area (Å²) in [6.45, 7) is 9.46. The van der Waals surface area contributed by atoms with Gasteiger partial charge in [0.15, 0.2) is 12.3 Å². The van der Waals surface area contributed by atoms with Crippen LogP contribution >= 0.6 is 0 Å². The minimum absolute atomic E-state index is 0.00671. The summed E-state index contributed by atoms with van der Waals surface area (Å²) < 4.78 is 175. The third-order valence-electron chi connectivity index (χ3n) is 10.5. The van der Waals surface area contributed by atoms with Crippen molar-refractivity contribution in [2.45, 2.75) is 105 Å². The molecule has 2 aliphatic rings. The van der Waals surface area contributed by atoms with Gasteiger partial charge in [0.2, 0.25) is 11.5 Å². The van der Waals surface area contributed by atoms with Crippen LogP contribution in [0.2, 0.25) is 0 Å². The standard InChI is InChI=1S/C41H39F12N2O2/c1-8-28-20(5)54(18-22-12-24(38(42,43)44)16-25(13-22)39(45,46)47)34(30(28)10-3)32-36(56)33(37(32)57-7)35-31(11-4)29(9-2)21(6)55(35)19-23-14-26(40(48,49)50)17-27(15-23)41(51,52)53/h12-17H,8-11,18-19H2,1-7H3/q+1. The molecule has 308 valence electrons.